The fraction of sp³-hybridized carbons (Fsp3) is 0.417. The molecule has 0 fully saturated rings. The number of amides is 2. The molecule has 16 heavy (non-hydrogen) atoms. The van der Waals surface area contributed by atoms with Crippen LogP contribution in [0.4, 0.5) is 10.5 Å². The summed E-state index contributed by atoms with van der Waals surface area (Å²) in [4.78, 5) is 11.5. The van der Waals surface area contributed by atoms with E-state index in [-0.39, 0.29) is 18.7 Å². The summed E-state index contributed by atoms with van der Waals surface area (Å²) in [6.07, 6.45) is 0.706. The van der Waals surface area contributed by atoms with E-state index in [1.165, 1.54) is 0 Å². The second-order valence-corrected chi connectivity index (χ2v) is 3.76. The lowest BCUT2D eigenvalue weighted by Crippen LogP contribution is -2.39. The average Bonchev–Trinajstić information content (AvgIpc) is 2.26. The van der Waals surface area contributed by atoms with Gasteiger partial charge in [-0.25, -0.2) is 4.79 Å². The van der Waals surface area contributed by atoms with Crippen molar-refractivity contribution in [2.45, 2.75) is 26.3 Å². The summed E-state index contributed by atoms with van der Waals surface area (Å²) in [5.41, 5.74) is 1.84. The molecule has 2 amide bonds. The van der Waals surface area contributed by atoms with Crippen LogP contribution in [0.25, 0.3) is 0 Å². The summed E-state index contributed by atoms with van der Waals surface area (Å²) in [5, 5.41) is 14.3. The summed E-state index contributed by atoms with van der Waals surface area (Å²) in [6, 6.07) is 7.09. The van der Waals surface area contributed by atoms with Gasteiger partial charge in [-0.1, -0.05) is 19.1 Å². The number of carbonyl (C=O) groups is 1. The Balaban J connectivity index is 2.51. The number of urea groups is 1. The number of anilines is 1. The molecule has 0 aliphatic rings. The zero-order valence-electron chi connectivity index (χ0n) is 9.66. The second-order valence-electron chi connectivity index (χ2n) is 3.76. The van der Waals surface area contributed by atoms with Crippen molar-refractivity contribution in [3.05, 3.63) is 29.8 Å². The quantitative estimate of drug-likeness (QED) is 0.728. The topological polar surface area (TPSA) is 61.4 Å². The molecule has 0 heterocycles. The molecule has 0 bridgehead atoms. The molecule has 0 aliphatic heterocycles. The third-order valence-electron chi connectivity index (χ3n) is 2.32. The van der Waals surface area contributed by atoms with Gasteiger partial charge in [-0.3, -0.25) is 0 Å². The van der Waals surface area contributed by atoms with Crippen LogP contribution in [0.1, 0.15) is 18.9 Å². The fourth-order valence-corrected chi connectivity index (χ4v) is 1.35. The van der Waals surface area contributed by atoms with Crippen LogP contribution < -0.4 is 10.6 Å². The molecular formula is C12H18N2O2. The first-order valence-corrected chi connectivity index (χ1v) is 5.40. The molecule has 4 heteroatoms. The maximum atomic E-state index is 11.5. The Hall–Kier alpha value is -1.55. The van der Waals surface area contributed by atoms with Gasteiger partial charge >= 0.3 is 6.03 Å². The van der Waals surface area contributed by atoms with Crippen LogP contribution in [-0.4, -0.2) is 23.8 Å². The van der Waals surface area contributed by atoms with Gasteiger partial charge < -0.3 is 15.7 Å². The van der Waals surface area contributed by atoms with Gasteiger partial charge in [0.25, 0.3) is 0 Å². The average molecular weight is 222 g/mol. The lowest BCUT2D eigenvalue weighted by molar-refractivity contribution is 0.222. The van der Waals surface area contributed by atoms with E-state index in [0.717, 1.165) is 11.3 Å². The van der Waals surface area contributed by atoms with Crippen LogP contribution in [0.2, 0.25) is 0 Å². The number of aryl methyl sites for hydroxylation is 1. The van der Waals surface area contributed by atoms with Crippen LogP contribution in [0.5, 0.6) is 0 Å². The molecule has 0 saturated carbocycles. The molecule has 0 spiro atoms. The summed E-state index contributed by atoms with van der Waals surface area (Å²) >= 11 is 0. The second kappa shape index (κ2) is 6.12. The van der Waals surface area contributed by atoms with Crippen molar-refractivity contribution < 1.29 is 9.90 Å². The summed E-state index contributed by atoms with van der Waals surface area (Å²) in [6.45, 7) is 3.83. The van der Waals surface area contributed by atoms with Crippen molar-refractivity contribution in [3.8, 4) is 0 Å². The predicted molar refractivity (Wildman–Crippen MR) is 64.5 cm³/mol. The smallest absolute Gasteiger partial charge is 0.319 e. The summed E-state index contributed by atoms with van der Waals surface area (Å²) in [5.74, 6) is 0. The normalized spacial score (nSPS) is 11.9. The van der Waals surface area contributed by atoms with Gasteiger partial charge in [0, 0.05) is 5.69 Å². The number of benzene rings is 1. The van der Waals surface area contributed by atoms with Crippen molar-refractivity contribution in [3.63, 3.8) is 0 Å². The minimum absolute atomic E-state index is 0.0439. The number of aliphatic hydroxyl groups is 1. The molecule has 0 radical (unpaired) electrons. The zero-order valence-corrected chi connectivity index (χ0v) is 9.66. The zero-order chi connectivity index (χ0) is 12.0. The third-order valence-corrected chi connectivity index (χ3v) is 2.32. The fourth-order valence-electron chi connectivity index (χ4n) is 1.35. The highest BCUT2D eigenvalue weighted by Crippen LogP contribution is 2.09. The Labute approximate surface area is 95.7 Å². The lowest BCUT2D eigenvalue weighted by atomic mass is 10.2. The highest BCUT2D eigenvalue weighted by atomic mass is 16.3. The van der Waals surface area contributed by atoms with Crippen molar-refractivity contribution in [1.82, 2.24) is 5.32 Å². The van der Waals surface area contributed by atoms with Gasteiger partial charge in [-0.05, 0) is 31.0 Å². The van der Waals surface area contributed by atoms with Gasteiger partial charge in [0.1, 0.15) is 0 Å². The van der Waals surface area contributed by atoms with Gasteiger partial charge in [-0.15, -0.1) is 0 Å². The van der Waals surface area contributed by atoms with Crippen LogP contribution in [-0.2, 0) is 0 Å². The minimum Gasteiger partial charge on any atom is -0.394 e. The SMILES string of the molecule is CC[C@H](CO)NC(=O)Nc1cccc(C)c1. The van der Waals surface area contributed by atoms with E-state index < -0.39 is 0 Å². The molecule has 4 nitrogen and oxygen atoms in total. The molecule has 1 aromatic rings. The number of hydrogen-bond acceptors (Lipinski definition) is 2. The number of nitrogens with one attached hydrogen (secondary N) is 2. The molecule has 0 aliphatic carbocycles. The van der Waals surface area contributed by atoms with Crippen molar-refractivity contribution in [1.29, 1.82) is 0 Å². The Morgan fingerprint density at radius 1 is 1.50 bits per heavy atom. The van der Waals surface area contributed by atoms with E-state index in [1.54, 1.807) is 0 Å². The molecule has 1 atom stereocenters. The van der Waals surface area contributed by atoms with Crippen LogP contribution >= 0.6 is 0 Å². The molecular weight excluding hydrogens is 204 g/mol. The first-order valence-electron chi connectivity index (χ1n) is 5.40. The predicted octanol–water partition coefficient (Wildman–Crippen LogP) is 1.89. The molecule has 3 N–H and O–H groups in total. The van der Waals surface area contributed by atoms with Crippen molar-refractivity contribution in [2.24, 2.45) is 0 Å². The van der Waals surface area contributed by atoms with Crippen LogP contribution in [0.15, 0.2) is 24.3 Å². The van der Waals surface area contributed by atoms with E-state index in [4.69, 9.17) is 5.11 Å². The minimum atomic E-state index is -0.286. The molecule has 1 aromatic carbocycles. The molecule has 0 saturated heterocycles. The maximum absolute atomic E-state index is 11.5. The van der Waals surface area contributed by atoms with Crippen LogP contribution in [0.3, 0.4) is 0 Å². The Bertz CT molecular complexity index is 349. The van der Waals surface area contributed by atoms with Gasteiger partial charge in [0.2, 0.25) is 0 Å². The first kappa shape index (κ1) is 12.5. The molecule has 1 rings (SSSR count). The standard InChI is InChI=1S/C12H18N2O2/c1-3-10(8-15)13-12(16)14-11-6-4-5-9(2)7-11/h4-7,10,15H,3,8H2,1-2H3,(H2,13,14,16)/t10-/m1/s1. The van der Waals surface area contributed by atoms with Crippen LogP contribution in [0, 0.1) is 6.92 Å². The monoisotopic (exact) mass is 222 g/mol. The van der Waals surface area contributed by atoms with Gasteiger partial charge in [0.05, 0.1) is 12.6 Å². The van der Waals surface area contributed by atoms with E-state index in [9.17, 15) is 4.79 Å². The third kappa shape index (κ3) is 3.90. The highest BCUT2D eigenvalue weighted by molar-refractivity contribution is 5.89. The summed E-state index contributed by atoms with van der Waals surface area (Å²) < 4.78 is 0. The molecule has 0 aromatic heterocycles. The number of aliphatic hydroxyl groups excluding tert-OH is 1. The van der Waals surface area contributed by atoms with E-state index >= 15 is 0 Å². The number of hydrogen-bond donors (Lipinski definition) is 3. The molecule has 0 unspecified atom stereocenters. The first-order chi connectivity index (χ1) is 7.65. The lowest BCUT2D eigenvalue weighted by Gasteiger charge is -2.14. The van der Waals surface area contributed by atoms with Gasteiger partial charge in [0.15, 0.2) is 0 Å². The number of carbonyl (C=O) groups excluding carboxylic acids is 1. The van der Waals surface area contributed by atoms with E-state index in [2.05, 4.69) is 10.6 Å². The largest absolute Gasteiger partial charge is 0.394 e. The summed E-state index contributed by atoms with van der Waals surface area (Å²) in [7, 11) is 0. The molecule has 88 valence electrons. The Morgan fingerprint density at radius 3 is 2.81 bits per heavy atom. The van der Waals surface area contributed by atoms with E-state index in [0.29, 0.717) is 6.42 Å². The highest BCUT2D eigenvalue weighted by Gasteiger charge is 2.08. The van der Waals surface area contributed by atoms with Gasteiger partial charge in [-0.2, -0.15) is 0 Å². The van der Waals surface area contributed by atoms with E-state index in [1.807, 2.05) is 38.1 Å². The van der Waals surface area contributed by atoms with Crippen molar-refractivity contribution >= 4 is 11.7 Å². The Kier molecular flexibility index (Phi) is 4.79. The Morgan fingerprint density at radius 2 is 2.25 bits per heavy atom. The maximum Gasteiger partial charge on any atom is 0.319 e. The van der Waals surface area contributed by atoms with Crippen molar-refractivity contribution in [2.75, 3.05) is 11.9 Å². The number of rotatable bonds is 4.